The van der Waals surface area contributed by atoms with Crippen LogP contribution in [0, 0.1) is 6.92 Å². The van der Waals surface area contributed by atoms with Crippen LogP contribution in [0.5, 0.6) is 0 Å². The van der Waals surface area contributed by atoms with Crippen LogP contribution in [0.15, 0.2) is 24.3 Å². The zero-order valence-electron chi connectivity index (χ0n) is 6.31. The lowest BCUT2D eigenvalue weighted by Gasteiger charge is -2.02. The summed E-state index contributed by atoms with van der Waals surface area (Å²) in [5.41, 5.74) is 1.91. The largest absolute Gasteiger partial charge is 0.382 e. The van der Waals surface area contributed by atoms with Crippen LogP contribution in [0.1, 0.15) is 5.56 Å². The van der Waals surface area contributed by atoms with Crippen LogP contribution in [0.4, 0.5) is 10.1 Å². The van der Waals surface area contributed by atoms with E-state index in [1.807, 2.05) is 24.3 Å². The Bertz CT molecular complexity index is 205. The second-order valence-corrected chi connectivity index (χ2v) is 2.31. The number of hydrogen-bond acceptors (Lipinski definition) is 1. The van der Waals surface area contributed by atoms with Crippen molar-refractivity contribution in [3.8, 4) is 0 Å². The summed E-state index contributed by atoms with van der Waals surface area (Å²) in [6.07, 6.45) is 0. The number of nitrogens with one attached hydrogen (secondary N) is 1. The number of hydrogen-bond donors (Lipinski definition) is 1. The smallest absolute Gasteiger partial charge is 0.107 e. The van der Waals surface area contributed by atoms with Crippen molar-refractivity contribution in [2.24, 2.45) is 0 Å². The molecule has 1 radical (unpaired) electrons. The first-order valence-corrected chi connectivity index (χ1v) is 3.55. The summed E-state index contributed by atoms with van der Waals surface area (Å²) in [4.78, 5) is 0. The highest BCUT2D eigenvalue weighted by molar-refractivity contribution is 5.44. The minimum absolute atomic E-state index is 0.341. The molecule has 11 heavy (non-hydrogen) atoms. The van der Waals surface area contributed by atoms with E-state index in [1.54, 1.807) is 0 Å². The van der Waals surface area contributed by atoms with Gasteiger partial charge in [-0.3, -0.25) is 0 Å². The quantitative estimate of drug-likeness (QED) is 0.700. The first-order valence-electron chi connectivity index (χ1n) is 3.55. The highest BCUT2D eigenvalue weighted by atomic mass is 19.1. The van der Waals surface area contributed by atoms with E-state index < -0.39 is 0 Å². The van der Waals surface area contributed by atoms with Gasteiger partial charge in [0, 0.05) is 12.2 Å². The first-order chi connectivity index (χ1) is 5.33. The number of benzene rings is 1. The molecule has 0 amide bonds. The van der Waals surface area contributed by atoms with E-state index in [-0.39, 0.29) is 6.67 Å². The Kier molecular flexibility index (Phi) is 2.90. The highest BCUT2D eigenvalue weighted by Crippen LogP contribution is 2.07. The average Bonchev–Trinajstić information content (AvgIpc) is 2.04. The zero-order valence-corrected chi connectivity index (χ0v) is 6.31. The standard InChI is InChI=1S/C9H11FN/c1-8-2-4-9(5-3-8)11-7-6-10/h2-5,11H,1,6-7H2. The van der Waals surface area contributed by atoms with E-state index in [9.17, 15) is 4.39 Å². The molecule has 2 heteroatoms. The normalized spacial score (nSPS) is 9.64. The molecule has 0 atom stereocenters. The molecule has 1 N–H and O–H groups in total. The van der Waals surface area contributed by atoms with Gasteiger partial charge >= 0.3 is 0 Å². The van der Waals surface area contributed by atoms with Crippen LogP contribution in [0.2, 0.25) is 0 Å². The topological polar surface area (TPSA) is 12.0 Å². The molecule has 0 saturated carbocycles. The molecule has 0 heterocycles. The molecular weight excluding hydrogens is 141 g/mol. The zero-order chi connectivity index (χ0) is 8.10. The third-order valence-corrected chi connectivity index (χ3v) is 1.38. The van der Waals surface area contributed by atoms with Crippen molar-refractivity contribution < 1.29 is 4.39 Å². The maximum Gasteiger partial charge on any atom is 0.107 e. The van der Waals surface area contributed by atoms with Crippen LogP contribution in [0.25, 0.3) is 0 Å². The van der Waals surface area contributed by atoms with Crippen LogP contribution in [-0.4, -0.2) is 13.2 Å². The van der Waals surface area contributed by atoms with Crippen molar-refractivity contribution in [1.29, 1.82) is 0 Å². The molecule has 0 bridgehead atoms. The van der Waals surface area contributed by atoms with Gasteiger partial charge < -0.3 is 5.32 Å². The summed E-state index contributed by atoms with van der Waals surface area (Å²) in [6.45, 7) is 3.77. The van der Waals surface area contributed by atoms with Crippen molar-refractivity contribution in [2.45, 2.75) is 0 Å². The van der Waals surface area contributed by atoms with Gasteiger partial charge in [0.05, 0.1) is 0 Å². The Balaban J connectivity index is 2.52. The van der Waals surface area contributed by atoms with Gasteiger partial charge in [0.2, 0.25) is 0 Å². The third kappa shape index (κ3) is 2.58. The van der Waals surface area contributed by atoms with Gasteiger partial charge in [0.1, 0.15) is 6.67 Å². The van der Waals surface area contributed by atoms with Gasteiger partial charge in [-0.05, 0) is 24.6 Å². The molecule has 0 aliphatic carbocycles. The maximum absolute atomic E-state index is 11.7. The average molecular weight is 152 g/mol. The van der Waals surface area contributed by atoms with E-state index in [2.05, 4.69) is 12.2 Å². The molecule has 1 nitrogen and oxygen atoms in total. The summed E-state index contributed by atoms with van der Waals surface area (Å²) < 4.78 is 11.7. The summed E-state index contributed by atoms with van der Waals surface area (Å²) in [5, 5.41) is 2.92. The van der Waals surface area contributed by atoms with Gasteiger partial charge in [0.25, 0.3) is 0 Å². The Labute approximate surface area is 66.2 Å². The van der Waals surface area contributed by atoms with Crippen molar-refractivity contribution >= 4 is 5.69 Å². The Morgan fingerprint density at radius 3 is 2.45 bits per heavy atom. The molecule has 0 aliphatic rings. The molecule has 59 valence electrons. The Hall–Kier alpha value is -1.05. The second kappa shape index (κ2) is 3.96. The molecule has 0 aromatic heterocycles. The lowest BCUT2D eigenvalue weighted by molar-refractivity contribution is 0.513. The number of halogens is 1. The molecule has 0 spiro atoms. The van der Waals surface area contributed by atoms with Crippen molar-refractivity contribution in [3.63, 3.8) is 0 Å². The molecule has 1 rings (SSSR count). The molecular formula is C9H11FN. The van der Waals surface area contributed by atoms with E-state index in [0.717, 1.165) is 11.3 Å². The summed E-state index contributed by atoms with van der Waals surface area (Å²) in [5.74, 6) is 0. The van der Waals surface area contributed by atoms with Crippen molar-refractivity contribution in [2.75, 3.05) is 18.5 Å². The molecule has 1 aromatic rings. The number of rotatable bonds is 3. The van der Waals surface area contributed by atoms with E-state index in [4.69, 9.17) is 0 Å². The molecule has 0 unspecified atom stereocenters. The van der Waals surface area contributed by atoms with Gasteiger partial charge in [-0.2, -0.15) is 0 Å². The van der Waals surface area contributed by atoms with Crippen LogP contribution in [-0.2, 0) is 0 Å². The summed E-state index contributed by atoms with van der Waals surface area (Å²) in [6, 6.07) is 7.55. The molecule has 0 aliphatic heterocycles. The first kappa shape index (κ1) is 8.05. The number of anilines is 1. The van der Waals surface area contributed by atoms with E-state index >= 15 is 0 Å². The van der Waals surface area contributed by atoms with Gasteiger partial charge in [-0.25, -0.2) is 4.39 Å². The lowest BCUT2D eigenvalue weighted by atomic mass is 10.2. The van der Waals surface area contributed by atoms with Crippen LogP contribution >= 0.6 is 0 Å². The molecule has 1 aromatic carbocycles. The van der Waals surface area contributed by atoms with Crippen molar-refractivity contribution in [3.05, 3.63) is 36.8 Å². The van der Waals surface area contributed by atoms with E-state index in [1.165, 1.54) is 0 Å². The predicted molar refractivity (Wildman–Crippen MR) is 45.4 cm³/mol. The van der Waals surface area contributed by atoms with Crippen LogP contribution < -0.4 is 5.32 Å². The summed E-state index contributed by atoms with van der Waals surface area (Å²) >= 11 is 0. The van der Waals surface area contributed by atoms with E-state index in [0.29, 0.717) is 6.54 Å². The van der Waals surface area contributed by atoms with Crippen molar-refractivity contribution in [1.82, 2.24) is 0 Å². The minimum Gasteiger partial charge on any atom is -0.382 e. The van der Waals surface area contributed by atoms with Gasteiger partial charge in [-0.15, -0.1) is 0 Å². The Morgan fingerprint density at radius 2 is 1.91 bits per heavy atom. The Morgan fingerprint density at radius 1 is 1.27 bits per heavy atom. The number of alkyl halides is 1. The molecule has 0 saturated heterocycles. The van der Waals surface area contributed by atoms with Gasteiger partial charge in [-0.1, -0.05) is 12.1 Å². The summed E-state index contributed by atoms with van der Waals surface area (Å²) in [7, 11) is 0. The predicted octanol–water partition coefficient (Wildman–Crippen LogP) is 2.25. The molecule has 0 fully saturated rings. The fourth-order valence-electron chi connectivity index (χ4n) is 0.814. The minimum atomic E-state index is -0.341. The second-order valence-electron chi connectivity index (χ2n) is 2.31. The monoisotopic (exact) mass is 152 g/mol. The van der Waals surface area contributed by atoms with Gasteiger partial charge in [0.15, 0.2) is 0 Å². The third-order valence-electron chi connectivity index (χ3n) is 1.38. The fourth-order valence-corrected chi connectivity index (χ4v) is 0.814. The van der Waals surface area contributed by atoms with Crippen LogP contribution in [0.3, 0.4) is 0 Å². The fraction of sp³-hybridized carbons (Fsp3) is 0.222. The SMILES string of the molecule is [CH2]c1ccc(NCCF)cc1. The lowest BCUT2D eigenvalue weighted by Crippen LogP contribution is -2.02. The maximum atomic E-state index is 11.7. The highest BCUT2D eigenvalue weighted by Gasteiger charge is 1.88.